The summed E-state index contributed by atoms with van der Waals surface area (Å²) in [4.78, 5) is 18.8. The normalized spacial score (nSPS) is 21.2. The fourth-order valence-electron chi connectivity index (χ4n) is 4.65. The van der Waals surface area contributed by atoms with E-state index in [2.05, 4.69) is 9.88 Å². The number of ether oxygens (including phenoxy) is 1. The largest absolute Gasteiger partial charge is 0.489 e. The Balaban J connectivity index is 1.60. The summed E-state index contributed by atoms with van der Waals surface area (Å²) in [5, 5.41) is 10.2. The van der Waals surface area contributed by atoms with Crippen LogP contribution < -0.4 is 10.2 Å². The number of nitrogens with one attached hydrogen (secondary N) is 1. The summed E-state index contributed by atoms with van der Waals surface area (Å²) in [6.45, 7) is 5.88. The number of likely N-dealkylation sites (N-methyl/N-ethyl adjacent to an activating group) is 1. The first kappa shape index (κ1) is 24.4. The van der Waals surface area contributed by atoms with Crippen LogP contribution in [0.15, 0.2) is 54.6 Å². The molecule has 0 spiro atoms. The summed E-state index contributed by atoms with van der Waals surface area (Å²) in [7, 11) is -3.14. The predicted molar refractivity (Wildman–Crippen MR) is 133 cm³/mol. The van der Waals surface area contributed by atoms with Gasteiger partial charge >= 0.3 is 0 Å². The molecule has 1 fully saturated rings. The molecule has 8 nitrogen and oxygen atoms in total. The summed E-state index contributed by atoms with van der Waals surface area (Å²) in [5.74, 6) is 0.147. The number of para-hydroxylation sites is 1. The fourth-order valence-corrected chi connectivity index (χ4v) is 6.82. The van der Waals surface area contributed by atoms with Gasteiger partial charge in [0.25, 0.3) is 0 Å². The fraction of sp³-hybridized carbons (Fsp3) is 0.360. The van der Waals surface area contributed by atoms with Gasteiger partial charge in [0.15, 0.2) is 0 Å². The highest BCUT2D eigenvalue weighted by atomic mass is 32.3. The molecule has 1 aromatic heterocycles. The van der Waals surface area contributed by atoms with Crippen molar-refractivity contribution in [1.82, 2.24) is 15.4 Å². The van der Waals surface area contributed by atoms with Gasteiger partial charge in [-0.2, -0.15) is 10.6 Å². The number of hydrogen-bond acceptors (Lipinski definition) is 7. The number of carbonyl (C=O) groups excluding carboxylic acids is 1. The second kappa shape index (κ2) is 9.89. The molecule has 1 saturated heterocycles. The molecule has 0 radical (unpaired) electrons. The maximum Gasteiger partial charge on any atom is 0.245 e. The number of aromatic nitrogens is 1. The van der Waals surface area contributed by atoms with Gasteiger partial charge in [-0.15, -0.1) is 0 Å². The molecule has 1 unspecified atom stereocenters. The van der Waals surface area contributed by atoms with E-state index in [9.17, 15) is 13.9 Å². The topological polar surface area (TPSA) is 115 Å². The lowest BCUT2D eigenvalue weighted by atomic mass is 9.93. The monoisotopic (exact) mass is 485 g/mol. The summed E-state index contributed by atoms with van der Waals surface area (Å²) in [5.41, 5.74) is 5.15. The molecule has 4 N–H and O–H groups in total. The van der Waals surface area contributed by atoms with Crippen molar-refractivity contribution in [3.8, 4) is 5.75 Å². The van der Waals surface area contributed by atoms with Crippen LogP contribution >= 0.6 is 10.6 Å². The molecule has 0 saturated carbocycles. The lowest BCUT2D eigenvalue weighted by Crippen LogP contribution is -2.53. The van der Waals surface area contributed by atoms with Crippen molar-refractivity contribution in [2.75, 3.05) is 25.4 Å². The van der Waals surface area contributed by atoms with Crippen LogP contribution in [0.25, 0.3) is 10.9 Å². The number of pyridine rings is 1. The van der Waals surface area contributed by atoms with Crippen molar-refractivity contribution in [3.63, 3.8) is 0 Å². The number of hydrogen-bond donors (Lipinski definition) is 4. The SMILES string of the molecule is CCN1CCS(O)(O)C(CC(=O)NO)(c2ccc(OCc3cc(C)nc4ccccc34)cc2)C1. The third kappa shape index (κ3) is 4.75. The number of rotatable bonds is 7. The maximum absolute atomic E-state index is 12.2. The first-order chi connectivity index (χ1) is 16.3. The second-order valence-corrected chi connectivity index (χ2v) is 11.2. The van der Waals surface area contributed by atoms with Crippen LogP contribution in [0.1, 0.15) is 30.2 Å². The molecule has 3 aromatic rings. The molecular formula is C25H31N3O5S. The van der Waals surface area contributed by atoms with E-state index in [-0.39, 0.29) is 12.2 Å². The Morgan fingerprint density at radius 1 is 1.21 bits per heavy atom. The molecule has 9 heteroatoms. The van der Waals surface area contributed by atoms with Crippen LogP contribution in [0.3, 0.4) is 0 Å². The van der Waals surface area contributed by atoms with Crippen molar-refractivity contribution < 1.29 is 23.8 Å². The van der Waals surface area contributed by atoms with Gasteiger partial charge in [0.2, 0.25) is 5.91 Å². The minimum absolute atomic E-state index is 0.173. The predicted octanol–water partition coefficient (Wildman–Crippen LogP) is 4.30. The Kier molecular flexibility index (Phi) is 7.11. The van der Waals surface area contributed by atoms with E-state index in [1.54, 1.807) is 29.7 Å². The number of nitrogens with zero attached hydrogens (tertiary/aromatic N) is 2. The molecule has 1 amide bonds. The van der Waals surface area contributed by atoms with Gasteiger partial charge in [-0.3, -0.25) is 29.0 Å². The number of aryl methyl sites for hydroxylation is 1. The molecule has 4 rings (SSSR count). The summed E-state index contributed by atoms with van der Waals surface area (Å²) < 4.78 is 26.9. The Bertz CT molecular complexity index is 1170. The van der Waals surface area contributed by atoms with E-state index in [0.717, 1.165) is 28.7 Å². The molecular weight excluding hydrogens is 454 g/mol. The highest BCUT2D eigenvalue weighted by Crippen LogP contribution is 2.62. The zero-order valence-corrected chi connectivity index (χ0v) is 20.2. The van der Waals surface area contributed by atoms with Crippen molar-refractivity contribution in [3.05, 3.63) is 71.4 Å². The Hall–Kier alpha value is -2.69. The van der Waals surface area contributed by atoms with Crippen LogP contribution in [-0.2, 0) is 16.1 Å². The van der Waals surface area contributed by atoms with Crippen LogP contribution in [0.4, 0.5) is 0 Å². The minimum Gasteiger partial charge on any atom is -0.489 e. The minimum atomic E-state index is -3.14. The zero-order valence-electron chi connectivity index (χ0n) is 19.4. The molecule has 0 bridgehead atoms. The van der Waals surface area contributed by atoms with Crippen molar-refractivity contribution in [2.45, 2.75) is 31.6 Å². The average molecular weight is 486 g/mol. The first-order valence-corrected chi connectivity index (χ1v) is 13.0. The highest BCUT2D eigenvalue weighted by molar-refractivity contribution is 8.25. The van der Waals surface area contributed by atoms with E-state index in [4.69, 9.17) is 9.94 Å². The van der Waals surface area contributed by atoms with Crippen LogP contribution in [0.5, 0.6) is 5.75 Å². The third-order valence-electron chi connectivity index (χ3n) is 6.52. The van der Waals surface area contributed by atoms with Gasteiger partial charge in [-0.1, -0.05) is 37.3 Å². The van der Waals surface area contributed by atoms with Crippen LogP contribution in [0.2, 0.25) is 0 Å². The maximum atomic E-state index is 12.2. The summed E-state index contributed by atoms with van der Waals surface area (Å²) in [6, 6.07) is 17.1. The van der Waals surface area contributed by atoms with Crippen molar-refractivity contribution in [2.24, 2.45) is 0 Å². The quantitative estimate of drug-likeness (QED) is 0.291. The average Bonchev–Trinajstić information content (AvgIpc) is 2.84. The Morgan fingerprint density at radius 3 is 2.65 bits per heavy atom. The number of fused-ring (bicyclic) bond motifs is 1. The molecule has 1 aliphatic heterocycles. The third-order valence-corrected chi connectivity index (χ3v) is 9.03. The van der Waals surface area contributed by atoms with Gasteiger partial charge < -0.3 is 4.74 Å². The number of carbonyl (C=O) groups is 1. The molecule has 2 heterocycles. The lowest BCUT2D eigenvalue weighted by Gasteiger charge is -2.56. The second-order valence-electron chi connectivity index (χ2n) is 8.70. The van der Waals surface area contributed by atoms with E-state index in [1.165, 1.54) is 0 Å². The standard InChI is InChI=1S/C25H31N3O5S/c1-3-28-12-13-34(31,32)25(17-28,15-24(29)27-30)20-8-10-21(11-9-20)33-16-19-14-18(2)26-23-7-5-4-6-22(19)23/h4-11,14,30-32H,3,12-13,15-17H2,1-2H3,(H,27,29). The summed E-state index contributed by atoms with van der Waals surface area (Å²) in [6.07, 6.45) is -0.231. The molecule has 182 valence electrons. The highest BCUT2D eigenvalue weighted by Gasteiger charge is 2.50. The smallest absolute Gasteiger partial charge is 0.245 e. The zero-order chi connectivity index (χ0) is 24.3. The number of benzene rings is 2. The molecule has 2 aromatic carbocycles. The Morgan fingerprint density at radius 2 is 1.94 bits per heavy atom. The lowest BCUT2D eigenvalue weighted by molar-refractivity contribution is -0.130. The van der Waals surface area contributed by atoms with Gasteiger partial charge in [0, 0.05) is 29.7 Å². The first-order valence-electron chi connectivity index (χ1n) is 11.3. The molecule has 0 aliphatic carbocycles. The summed E-state index contributed by atoms with van der Waals surface area (Å²) >= 11 is 0. The van der Waals surface area contributed by atoms with Gasteiger partial charge in [0.1, 0.15) is 17.1 Å². The van der Waals surface area contributed by atoms with Crippen molar-refractivity contribution >= 4 is 27.4 Å². The van der Waals surface area contributed by atoms with Gasteiger partial charge in [0.05, 0.1) is 17.7 Å². The van der Waals surface area contributed by atoms with Crippen LogP contribution in [0, 0.1) is 6.92 Å². The molecule has 1 atom stereocenters. The van der Waals surface area contributed by atoms with E-state index < -0.39 is 21.2 Å². The van der Waals surface area contributed by atoms with E-state index in [0.29, 0.717) is 31.0 Å². The Labute approximate surface area is 200 Å². The molecule has 34 heavy (non-hydrogen) atoms. The van der Waals surface area contributed by atoms with Gasteiger partial charge in [-0.05, 0) is 43.3 Å². The number of hydroxylamine groups is 1. The molecule has 1 aliphatic rings. The van der Waals surface area contributed by atoms with Crippen molar-refractivity contribution in [1.29, 1.82) is 0 Å². The van der Waals surface area contributed by atoms with E-state index >= 15 is 0 Å². The van der Waals surface area contributed by atoms with Crippen LogP contribution in [-0.4, -0.2) is 55.5 Å². The van der Waals surface area contributed by atoms with E-state index in [1.807, 2.05) is 44.2 Å². The number of amides is 1. The van der Waals surface area contributed by atoms with Gasteiger partial charge in [-0.25, -0.2) is 5.48 Å².